The summed E-state index contributed by atoms with van der Waals surface area (Å²) in [5.74, 6) is 2.48. The first-order valence-electron chi connectivity index (χ1n) is 10.6. The van der Waals surface area contributed by atoms with Gasteiger partial charge in [0, 0.05) is 51.5 Å². The molecular formula is C22H25N5O4. The molecule has 2 aliphatic heterocycles. The molecule has 3 aromatic rings. The van der Waals surface area contributed by atoms with Crippen LogP contribution in [0.2, 0.25) is 0 Å². The number of nitrogens with zero attached hydrogens (tertiary/aromatic N) is 5. The van der Waals surface area contributed by atoms with Crippen molar-refractivity contribution in [3.8, 4) is 17.2 Å². The topological polar surface area (TPSA) is 95.5 Å². The Bertz CT molecular complexity index is 1060. The maximum absolute atomic E-state index is 12.7. The molecule has 9 heteroatoms. The van der Waals surface area contributed by atoms with Crippen molar-refractivity contribution in [2.45, 2.75) is 31.3 Å². The predicted molar refractivity (Wildman–Crippen MR) is 111 cm³/mol. The molecule has 0 bridgehead atoms. The summed E-state index contributed by atoms with van der Waals surface area (Å²) in [6, 6.07) is 7.66. The molecule has 1 aromatic carbocycles. The van der Waals surface area contributed by atoms with Gasteiger partial charge in [-0.25, -0.2) is 4.98 Å². The number of carbonyl (C=O) groups is 1. The average Bonchev–Trinajstić information content (AvgIpc) is 3.55. The highest BCUT2D eigenvalue weighted by Gasteiger charge is 2.31. The van der Waals surface area contributed by atoms with E-state index < -0.39 is 0 Å². The van der Waals surface area contributed by atoms with E-state index in [2.05, 4.69) is 15.1 Å². The zero-order valence-electron chi connectivity index (χ0n) is 17.4. The molecule has 0 radical (unpaired) electrons. The first-order valence-corrected chi connectivity index (χ1v) is 10.6. The number of imidazole rings is 1. The van der Waals surface area contributed by atoms with Gasteiger partial charge in [0.05, 0.1) is 12.1 Å². The van der Waals surface area contributed by atoms with Crippen molar-refractivity contribution >= 4 is 5.91 Å². The number of para-hydroxylation sites is 1. The summed E-state index contributed by atoms with van der Waals surface area (Å²) in [6.07, 6.45) is 5.85. The van der Waals surface area contributed by atoms with Crippen molar-refractivity contribution in [2.75, 3.05) is 26.3 Å². The fourth-order valence-electron chi connectivity index (χ4n) is 4.11. The van der Waals surface area contributed by atoms with Crippen molar-refractivity contribution in [2.24, 2.45) is 7.05 Å². The van der Waals surface area contributed by atoms with Crippen LogP contribution in [0.4, 0.5) is 0 Å². The molecule has 0 spiro atoms. The number of carbonyl (C=O) groups excluding carboxylic acids is 1. The summed E-state index contributed by atoms with van der Waals surface area (Å²) >= 11 is 0. The Morgan fingerprint density at radius 1 is 1.19 bits per heavy atom. The largest absolute Gasteiger partial charge is 0.488 e. The Balaban J connectivity index is 1.29. The van der Waals surface area contributed by atoms with Crippen LogP contribution in [0.15, 0.2) is 41.2 Å². The first-order chi connectivity index (χ1) is 15.2. The molecule has 4 heterocycles. The Kier molecular flexibility index (Phi) is 5.42. The summed E-state index contributed by atoms with van der Waals surface area (Å²) in [5, 5.41) is 4.20. The molecule has 0 saturated carbocycles. The van der Waals surface area contributed by atoms with Gasteiger partial charge in [-0.15, -0.1) is 0 Å². The summed E-state index contributed by atoms with van der Waals surface area (Å²) in [6.45, 7) is 2.59. The van der Waals surface area contributed by atoms with Crippen LogP contribution in [0.1, 0.15) is 41.6 Å². The number of hydrogen-bond donors (Lipinski definition) is 0. The highest BCUT2D eigenvalue weighted by molar-refractivity contribution is 5.91. The SMILES string of the molecule is Cn1ccnc1C(=O)N1CCC(Oc2ccccc2-c2nc(C3CCOCC3)no2)C1. The fourth-order valence-corrected chi connectivity index (χ4v) is 4.11. The van der Waals surface area contributed by atoms with Crippen LogP contribution < -0.4 is 4.74 Å². The zero-order chi connectivity index (χ0) is 21.2. The molecule has 0 aliphatic carbocycles. The van der Waals surface area contributed by atoms with Gasteiger partial charge in [-0.1, -0.05) is 17.3 Å². The monoisotopic (exact) mass is 423 g/mol. The molecular weight excluding hydrogens is 398 g/mol. The second kappa shape index (κ2) is 8.50. The minimum Gasteiger partial charge on any atom is -0.488 e. The Morgan fingerprint density at radius 3 is 2.84 bits per heavy atom. The molecule has 2 saturated heterocycles. The lowest BCUT2D eigenvalue weighted by molar-refractivity contribution is 0.0757. The second-order valence-electron chi connectivity index (χ2n) is 7.98. The van der Waals surface area contributed by atoms with E-state index in [1.807, 2.05) is 31.3 Å². The second-order valence-corrected chi connectivity index (χ2v) is 7.98. The maximum Gasteiger partial charge on any atom is 0.289 e. The van der Waals surface area contributed by atoms with Crippen LogP contribution >= 0.6 is 0 Å². The van der Waals surface area contributed by atoms with Gasteiger partial charge < -0.3 is 23.5 Å². The van der Waals surface area contributed by atoms with E-state index in [9.17, 15) is 4.79 Å². The molecule has 2 aliphatic rings. The number of rotatable bonds is 5. The normalized spacial score (nSPS) is 19.6. The van der Waals surface area contributed by atoms with Crippen molar-refractivity contribution < 1.29 is 18.8 Å². The summed E-state index contributed by atoms with van der Waals surface area (Å²) < 4.78 is 19.0. The quantitative estimate of drug-likeness (QED) is 0.622. The number of hydrogen-bond acceptors (Lipinski definition) is 7. The van der Waals surface area contributed by atoms with E-state index >= 15 is 0 Å². The molecule has 2 aromatic heterocycles. The standard InChI is InChI=1S/C22H25N5O4/c1-26-11-9-23-20(26)22(28)27-10-6-16(14-27)30-18-5-3-2-4-17(18)21-24-19(25-31-21)15-7-12-29-13-8-15/h2-5,9,11,15-16H,6-8,10,12-14H2,1H3. The summed E-state index contributed by atoms with van der Waals surface area (Å²) in [4.78, 5) is 23.3. The van der Waals surface area contributed by atoms with Gasteiger partial charge in [0.25, 0.3) is 11.8 Å². The molecule has 31 heavy (non-hydrogen) atoms. The van der Waals surface area contributed by atoms with E-state index in [0.29, 0.717) is 30.6 Å². The van der Waals surface area contributed by atoms with Crippen LogP contribution in [0.25, 0.3) is 11.5 Å². The molecule has 2 fully saturated rings. The molecule has 1 unspecified atom stereocenters. The van der Waals surface area contributed by atoms with Crippen LogP contribution in [0.3, 0.4) is 0 Å². The molecule has 0 N–H and O–H groups in total. The van der Waals surface area contributed by atoms with Gasteiger partial charge >= 0.3 is 0 Å². The maximum atomic E-state index is 12.7. The Hall–Kier alpha value is -3.20. The lowest BCUT2D eigenvalue weighted by Gasteiger charge is -2.18. The van der Waals surface area contributed by atoms with Gasteiger partial charge in [-0.3, -0.25) is 4.79 Å². The highest BCUT2D eigenvalue weighted by Crippen LogP contribution is 2.33. The van der Waals surface area contributed by atoms with E-state index in [1.165, 1.54) is 0 Å². The number of aryl methyl sites for hydroxylation is 1. The van der Waals surface area contributed by atoms with Crippen LogP contribution in [-0.2, 0) is 11.8 Å². The minimum atomic E-state index is -0.108. The van der Waals surface area contributed by atoms with Crippen molar-refractivity contribution in [3.63, 3.8) is 0 Å². The molecule has 162 valence electrons. The fraction of sp³-hybridized carbons (Fsp3) is 0.455. The number of likely N-dealkylation sites (tertiary alicyclic amines) is 1. The van der Waals surface area contributed by atoms with Gasteiger partial charge in [0.15, 0.2) is 11.6 Å². The Labute approximate surface area is 180 Å². The van der Waals surface area contributed by atoms with Crippen LogP contribution in [0, 0.1) is 0 Å². The van der Waals surface area contributed by atoms with E-state index in [0.717, 1.165) is 43.9 Å². The Morgan fingerprint density at radius 2 is 2.03 bits per heavy atom. The smallest absolute Gasteiger partial charge is 0.289 e. The van der Waals surface area contributed by atoms with Crippen molar-refractivity contribution in [1.82, 2.24) is 24.6 Å². The van der Waals surface area contributed by atoms with Crippen LogP contribution in [0.5, 0.6) is 5.75 Å². The van der Waals surface area contributed by atoms with Gasteiger partial charge in [0.2, 0.25) is 0 Å². The summed E-state index contributed by atoms with van der Waals surface area (Å²) in [7, 11) is 1.82. The molecule has 1 atom stereocenters. The number of aromatic nitrogens is 4. The van der Waals surface area contributed by atoms with Crippen molar-refractivity contribution in [3.05, 3.63) is 48.3 Å². The first kappa shape index (κ1) is 19.7. The zero-order valence-corrected chi connectivity index (χ0v) is 17.4. The van der Waals surface area contributed by atoms with Gasteiger partial charge in [-0.05, 0) is 25.0 Å². The lowest BCUT2D eigenvalue weighted by atomic mass is 10.00. The third-order valence-corrected chi connectivity index (χ3v) is 5.88. The lowest BCUT2D eigenvalue weighted by Crippen LogP contribution is -2.32. The highest BCUT2D eigenvalue weighted by atomic mass is 16.5. The third-order valence-electron chi connectivity index (χ3n) is 5.88. The van der Waals surface area contributed by atoms with Crippen molar-refractivity contribution in [1.29, 1.82) is 0 Å². The average molecular weight is 423 g/mol. The minimum absolute atomic E-state index is 0.0788. The molecule has 5 rings (SSSR count). The van der Waals surface area contributed by atoms with Gasteiger partial charge in [0.1, 0.15) is 11.9 Å². The third kappa shape index (κ3) is 4.05. The number of ether oxygens (including phenoxy) is 2. The van der Waals surface area contributed by atoms with Crippen LogP contribution in [-0.4, -0.2) is 62.9 Å². The van der Waals surface area contributed by atoms with Gasteiger partial charge in [-0.2, -0.15) is 4.98 Å². The summed E-state index contributed by atoms with van der Waals surface area (Å²) in [5.41, 5.74) is 0.766. The number of amides is 1. The molecule has 1 amide bonds. The predicted octanol–water partition coefficient (Wildman–Crippen LogP) is 2.66. The van der Waals surface area contributed by atoms with E-state index in [1.54, 1.807) is 21.9 Å². The van der Waals surface area contributed by atoms with E-state index in [4.69, 9.17) is 14.0 Å². The molecule has 9 nitrogen and oxygen atoms in total. The number of benzene rings is 1. The van der Waals surface area contributed by atoms with E-state index in [-0.39, 0.29) is 17.9 Å².